The second-order valence-electron chi connectivity index (χ2n) is 7.28. The molecule has 0 unspecified atom stereocenters. The minimum absolute atomic E-state index is 0.223. The largest absolute Gasteiger partial charge is 0.307 e. The normalized spacial score (nSPS) is 13.3. The molecule has 5 nitrogen and oxygen atoms in total. The Morgan fingerprint density at radius 3 is 2.47 bits per heavy atom. The third-order valence-electron chi connectivity index (χ3n) is 5.41. The Bertz CT molecular complexity index is 1330. The molecule has 1 amide bonds. The lowest BCUT2D eigenvalue weighted by atomic mass is 10.0. The van der Waals surface area contributed by atoms with Crippen molar-refractivity contribution in [2.75, 3.05) is 11.4 Å². The standard InChI is InChI=1S/C24H18ClN3O2/c25-17-12-13-21-16(15-17)7-6-14-27(21)24(30)22-19-10-4-5-11-20(19)23(29)28(26-22)18-8-2-1-3-9-18/h1-5,8-13,15H,6-7,14H2. The van der Waals surface area contributed by atoms with Crippen LogP contribution in [0.5, 0.6) is 0 Å². The van der Waals surface area contributed by atoms with Gasteiger partial charge in [0.05, 0.1) is 11.1 Å². The van der Waals surface area contributed by atoms with E-state index in [1.54, 1.807) is 41.3 Å². The molecular formula is C24H18ClN3O2. The molecule has 0 aliphatic carbocycles. The Morgan fingerprint density at radius 2 is 1.67 bits per heavy atom. The first-order valence-corrected chi connectivity index (χ1v) is 10.2. The summed E-state index contributed by atoms with van der Waals surface area (Å²) in [7, 11) is 0. The zero-order valence-electron chi connectivity index (χ0n) is 16.1. The number of carbonyl (C=O) groups excluding carboxylic acids is 1. The number of aromatic nitrogens is 2. The zero-order valence-corrected chi connectivity index (χ0v) is 16.8. The summed E-state index contributed by atoms with van der Waals surface area (Å²) in [5.74, 6) is -0.223. The van der Waals surface area contributed by atoms with Crippen molar-refractivity contribution in [2.45, 2.75) is 12.8 Å². The van der Waals surface area contributed by atoms with Gasteiger partial charge in [-0.3, -0.25) is 9.59 Å². The third kappa shape index (κ3) is 3.08. The van der Waals surface area contributed by atoms with E-state index in [1.165, 1.54) is 4.68 Å². The van der Waals surface area contributed by atoms with Crippen molar-refractivity contribution >= 4 is 34.0 Å². The Kier molecular flexibility index (Phi) is 4.60. The number of aryl methyl sites for hydroxylation is 1. The number of amides is 1. The van der Waals surface area contributed by atoms with Crippen LogP contribution >= 0.6 is 11.6 Å². The summed E-state index contributed by atoms with van der Waals surface area (Å²) >= 11 is 6.15. The summed E-state index contributed by atoms with van der Waals surface area (Å²) in [6, 6.07) is 21.9. The molecule has 0 radical (unpaired) electrons. The van der Waals surface area contributed by atoms with E-state index < -0.39 is 0 Å². The highest BCUT2D eigenvalue weighted by atomic mass is 35.5. The zero-order chi connectivity index (χ0) is 20.7. The van der Waals surface area contributed by atoms with E-state index in [0.29, 0.717) is 28.0 Å². The minimum Gasteiger partial charge on any atom is -0.307 e. The molecule has 6 heteroatoms. The molecule has 30 heavy (non-hydrogen) atoms. The molecule has 4 aromatic rings. The second kappa shape index (κ2) is 7.43. The number of anilines is 1. The average molecular weight is 416 g/mol. The van der Waals surface area contributed by atoms with Crippen LogP contribution in [0.4, 0.5) is 5.69 Å². The highest BCUT2D eigenvalue weighted by Gasteiger charge is 2.27. The molecule has 1 aliphatic heterocycles. The summed E-state index contributed by atoms with van der Waals surface area (Å²) in [4.78, 5) is 28.5. The summed E-state index contributed by atoms with van der Waals surface area (Å²) in [6.07, 6.45) is 1.71. The lowest BCUT2D eigenvalue weighted by molar-refractivity contribution is 0.0980. The number of para-hydroxylation sites is 1. The highest BCUT2D eigenvalue weighted by molar-refractivity contribution is 6.30. The van der Waals surface area contributed by atoms with Crippen molar-refractivity contribution in [1.29, 1.82) is 0 Å². The van der Waals surface area contributed by atoms with Crippen LogP contribution in [0.1, 0.15) is 22.5 Å². The fourth-order valence-electron chi connectivity index (χ4n) is 4.00. The summed E-state index contributed by atoms with van der Waals surface area (Å²) in [5.41, 5.74) is 2.52. The third-order valence-corrected chi connectivity index (χ3v) is 5.65. The van der Waals surface area contributed by atoms with Crippen molar-refractivity contribution in [1.82, 2.24) is 9.78 Å². The fourth-order valence-corrected chi connectivity index (χ4v) is 4.19. The first kappa shape index (κ1) is 18.6. The van der Waals surface area contributed by atoms with Crippen LogP contribution in [0.3, 0.4) is 0 Å². The first-order valence-electron chi connectivity index (χ1n) is 9.81. The molecule has 0 bridgehead atoms. The molecule has 2 heterocycles. The second-order valence-corrected chi connectivity index (χ2v) is 7.72. The van der Waals surface area contributed by atoms with Crippen LogP contribution in [0.2, 0.25) is 5.02 Å². The summed E-state index contributed by atoms with van der Waals surface area (Å²) < 4.78 is 1.31. The van der Waals surface area contributed by atoms with Gasteiger partial charge in [-0.25, -0.2) is 0 Å². The molecule has 0 fully saturated rings. The number of hydrogen-bond donors (Lipinski definition) is 0. The van der Waals surface area contributed by atoms with Crippen LogP contribution in [0.25, 0.3) is 16.5 Å². The van der Waals surface area contributed by atoms with Gasteiger partial charge in [-0.1, -0.05) is 48.0 Å². The van der Waals surface area contributed by atoms with E-state index in [2.05, 4.69) is 5.10 Å². The quantitative estimate of drug-likeness (QED) is 0.479. The molecule has 0 N–H and O–H groups in total. The minimum atomic E-state index is -0.251. The lowest BCUT2D eigenvalue weighted by Crippen LogP contribution is -2.37. The van der Waals surface area contributed by atoms with E-state index in [9.17, 15) is 9.59 Å². The van der Waals surface area contributed by atoms with E-state index in [1.807, 2.05) is 36.4 Å². The number of hydrogen-bond acceptors (Lipinski definition) is 3. The Labute approximate surface area is 178 Å². The van der Waals surface area contributed by atoms with Crippen molar-refractivity contribution in [3.63, 3.8) is 0 Å². The van der Waals surface area contributed by atoms with Gasteiger partial charge < -0.3 is 4.90 Å². The van der Waals surface area contributed by atoms with E-state index >= 15 is 0 Å². The Hall–Kier alpha value is -3.44. The van der Waals surface area contributed by atoms with Crippen LogP contribution in [0, 0.1) is 0 Å². The maximum Gasteiger partial charge on any atom is 0.279 e. The van der Waals surface area contributed by atoms with Crippen LogP contribution in [-0.2, 0) is 6.42 Å². The van der Waals surface area contributed by atoms with Gasteiger partial charge >= 0.3 is 0 Å². The van der Waals surface area contributed by atoms with Gasteiger partial charge in [-0.05, 0) is 54.8 Å². The molecule has 3 aromatic carbocycles. The van der Waals surface area contributed by atoms with E-state index in [4.69, 9.17) is 11.6 Å². The molecule has 1 aliphatic rings. The number of nitrogens with zero attached hydrogens (tertiary/aromatic N) is 3. The monoisotopic (exact) mass is 415 g/mol. The molecule has 148 valence electrons. The molecule has 0 saturated carbocycles. The number of halogens is 1. The smallest absolute Gasteiger partial charge is 0.279 e. The number of fused-ring (bicyclic) bond motifs is 2. The van der Waals surface area contributed by atoms with Gasteiger partial charge in [0, 0.05) is 22.6 Å². The first-order chi connectivity index (χ1) is 14.6. The van der Waals surface area contributed by atoms with Gasteiger partial charge in [0.15, 0.2) is 5.69 Å². The predicted molar refractivity (Wildman–Crippen MR) is 119 cm³/mol. The molecule has 5 rings (SSSR count). The van der Waals surface area contributed by atoms with Crippen LogP contribution in [-0.4, -0.2) is 22.2 Å². The number of carbonyl (C=O) groups is 1. The Morgan fingerprint density at radius 1 is 0.933 bits per heavy atom. The van der Waals surface area contributed by atoms with Gasteiger partial charge in [-0.2, -0.15) is 9.78 Å². The number of benzene rings is 3. The molecule has 1 aromatic heterocycles. The summed E-state index contributed by atoms with van der Waals surface area (Å²) in [5, 5.41) is 6.20. The molecule has 0 spiro atoms. The topological polar surface area (TPSA) is 55.2 Å². The fraction of sp³-hybridized carbons (Fsp3) is 0.125. The van der Waals surface area contributed by atoms with E-state index in [-0.39, 0.29) is 17.2 Å². The maximum atomic E-state index is 13.7. The summed E-state index contributed by atoms with van der Waals surface area (Å²) in [6.45, 7) is 0.591. The average Bonchev–Trinajstić information content (AvgIpc) is 2.79. The molecular weight excluding hydrogens is 398 g/mol. The van der Waals surface area contributed by atoms with Crippen molar-refractivity contribution in [2.24, 2.45) is 0 Å². The van der Waals surface area contributed by atoms with Gasteiger partial charge in [0.25, 0.3) is 11.5 Å². The van der Waals surface area contributed by atoms with Crippen LogP contribution < -0.4 is 10.5 Å². The van der Waals surface area contributed by atoms with E-state index in [0.717, 1.165) is 24.1 Å². The number of rotatable bonds is 2. The SMILES string of the molecule is O=C(c1nn(-c2ccccc2)c(=O)c2ccccc12)N1CCCc2cc(Cl)ccc21. The van der Waals surface area contributed by atoms with Crippen molar-refractivity contribution < 1.29 is 4.79 Å². The predicted octanol–water partition coefficient (Wildman–Crippen LogP) is 4.63. The van der Waals surface area contributed by atoms with Crippen molar-refractivity contribution in [3.05, 3.63) is 99.4 Å². The Balaban J connectivity index is 1.71. The molecule has 0 atom stereocenters. The maximum absolute atomic E-state index is 13.7. The van der Waals surface area contributed by atoms with Gasteiger partial charge in [0.2, 0.25) is 0 Å². The lowest BCUT2D eigenvalue weighted by Gasteiger charge is -2.29. The van der Waals surface area contributed by atoms with Crippen LogP contribution in [0.15, 0.2) is 77.6 Å². The highest BCUT2D eigenvalue weighted by Crippen LogP contribution is 2.31. The molecule has 0 saturated heterocycles. The van der Waals surface area contributed by atoms with Gasteiger partial charge in [0.1, 0.15) is 0 Å². The van der Waals surface area contributed by atoms with Gasteiger partial charge in [-0.15, -0.1) is 0 Å². The van der Waals surface area contributed by atoms with Crippen molar-refractivity contribution in [3.8, 4) is 5.69 Å².